The van der Waals surface area contributed by atoms with Gasteiger partial charge in [0.15, 0.2) is 0 Å². The molecule has 0 bridgehead atoms. The smallest absolute Gasteiger partial charge is 0.418 e. The second-order valence-corrected chi connectivity index (χ2v) is 5.91. The van der Waals surface area contributed by atoms with Gasteiger partial charge in [-0.3, -0.25) is 0 Å². The first-order valence-electron chi connectivity index (χ1n) is 6.04. The zero-order valence-corrected chi connectivity index (χ0v) is 12.3. The molecule has 1 atom stereocenters. The summed E-state index contributed by atoms with van der Waals surface area (Å²) in [5.41, 5.74) is -2.20. The number of halogens is 4. The van der Waals surface area contributed by atoms with Gasteiger partial charge in [-0.1, -0.05) is 15.9 Å². The Bertz CT molecular complexity index is 547. The number of hydrogen-bond acceptors (Lipinski definition) is 2. The van der Waals surface area contributed by atoms with Crippen molar-refractivity contribution in [2.24, 2.45) is 0 Å². The van der Waals surface area contributed by atoms with Gasteiger partial charge in [-0.2, -0.15) is 13.2 Å². The maximum absolute atomic E-state index is 13.1. The molecule has 2 rings (SSSR count). The lowest BCUT2D eigenvalue weighted by atomic mass is 9.98. The lowest BCUT2D eigenvalue weighted by Gasteiger charge is -2.35. The summed E-state index contributed by atoms with van der Waals surface area (Å²) in [5, 5.41) is 9.33. The first-order valence-corrected chi connectivity index (χ1v) is 6.83. The monoisotopic (exact) mass is 351 g/mol. The Morgan fingerprint density at radius 1 is 1.45 bits per heavy atom. The molecule has 1 aromatic carbocycles. The van der Waals surface area contributed by atoms with Gasteiger partial charge in [-0.25, -0.2) is 4.79 Å². The number of aliphatic carboxylic acids is 1. The van der Waals surface area contributed by atoms with Crippen LogP contribution in [0, 0.1) is 0 Å². The van der Waals surface area contributed by atoms with Crippen molar-refractivity contribution in [2.45, 2.75) is 31.5 Å². The predicted octanol–water partition coefficient (Wildman–Crippen LogP) is 3.91. The van der Waals surface area contributed by atoms with Crippen molar-refractivity contribution in [3.8, 4) is 0 Å². The maximum atomic E-state index is 13.1. The summed E-state index contributed by atoms with van der Waals surface area (Å²) in [6, 6.07) is 3.61. The van der Waals surface area contributed by atoms with Gasteiger partial charge in [-0.05, 0) is 38.0 Å². The normalized spacial score (nSPS) is 23.1. The molecule has 0 saturated carbocycles. The van der Waals surface area contributed by atoms with Crippen LogP contribution in [0.5, 0.6) is 0 Å². The molecule has 0 amide bonds. The number of carboxylic acids is 1. The third-order valence-corrected chi connectivity index (χ3v) is 4.15. The molecule has 110 valence electrons. The van der Waals surface area contributed by atoms with E-state index in [0.717, 1.165) is 6.07 Å². The molecule has 1 aliphatic heterocycles. The van der Waals surface area contributed by atoms with Crippen LogP contribution in [-0.2, 0) is 11.0 Å². The fourth-order valence-corrected chi connectivity index (χ4v) is 2.89. The fourth-order valence-electron chi connectivity index (χ4n) is 2.54. The number of benzene rings is 1. The molecule has 1 saturated heterocycles. The highest BCUT2D eigenvalue weighted by atomic mass is 79.9. The third kappa shape index (κ3) is 2.51. The van der Waals surface area contributed by atoms with Crippen molar-refractivity contribution in [2.75, 3.05) is 11.4 Å². The molecule has 20 heavy (non-hydrogen) atoms. The lowest BCUT2D eigenvalue weighted by Crippen LogP contribution is -2.48. The van der Waals surface area contributed by atoms with Gasteiger partial charge in [0.25, 0.3) is 0 Å². The van der Waals surface area contributed by atoms with Gasteiger partial charge in [0.05, 0.1) is 11.3 Å². The van der Waals surface area contributed by atoms with E-state index in [9.17, 15) is 23.1 Å². The van der Waals surface area contributed by atoms with Crippen LogP contribution in [0.25, 0.3) is 0 Å². The van der Waals surface area contributed by atoms with Gasteiger partial charge in [0, 0.05) is 11.0 Å². The number of rotatable bonds is 2. The highest BCUT2D eigenvalue weighted by molar-refractivity contribution is 9.10. The van der Waals surface area contributed by atoms with Crippen molar-refractivity contribution >= 4 is 27.6 Å². The number of carboxylic acid groups (broad SMARTS) is 1. The van der Waals surface area contributed by atoms with Crippen molar-refractivity contribution in [3.63, 3.8) is 0 Å². The Morgan fingerprint density at radius 3 is 2.65 bits per heavy atom. The molecule has 0 aliphatic carbocycles. The van der Waals surface area contributed by atoms with Crippen LogP contribution in [-0.4, -0.2) is 23.2 Å². The van der Waals surface area contributed by atoms with E-state index in [-0.39, 0.29) is 5.69 Å². The van der Waals surface area contributed by atoms with Crippen LogP contribution in [0.2, 0.25) is 0 Å². The van der Waals surface area contributed by atoms with Crippen LogP contribution in [0.3, 0.4) is 0 Å². The van der Waals surface area contributed by atoms with Crippen molar-refractivity contribution < 1.29 is 23.1 Å². The quantitative estimate of drug-likeness (QED) is 0.877. The number of nitrogens with zero attached hydrogens (tertiary/aromatic N) is 1. The van der Waals surface area contributed by atoms with Gasteiger partial charge in [0.2, 0.25) is 0 Å². The summed E-state index contributed by atoms with van der Waals surface area (Å²) < 4.78 is 39.8. The summed E-state index contributed by atoms with van der Waals surface area (Å²) in [7, 11) is 0. The largest absolute Gasteiger partial charge is 0.480 e. The standard InChI is InChI=1S/C13H13BrF3NO2/c1-12(11(19)20)5-2-6-18(12)10-7-8(14)3-4-9(10)13(15,16)17/h3-4,7H,2,5-6H2,1H3,(H,19,20). The summed E-state index contributed by atoms with van der Waals surface area (Å²) >= 11 is 3.14. The highest BCUT2D eigenvalue weighted by Crippen LogP contribution is 2.43. The molecular formula is C13H13BrF3NO2. The highest BCUT2D eigenvalue weighted by Gasteiger charge is 2.46. The van der Waals surface area contributed by atoms with E-state index < -0.39 is 23.2 Å². The van der Waals surface area contributed by atoms with Crippen molar-refractivity contribution in [1.82, 2.24) is 0 Å². The topological polar surface area (TPSA) is 40.5 Å². The fraction of sp³-hybridized carbons (Fsp3) is 0.462. The minimum atomic E-state index is -4.52. The molecule has 1 unspecified atom stereocenters. The average Bonchev–Trinajstić information content (AvgIpc) is 2.71. The predicted molar refractivity (Wildman–Crippen MR) is 71.8 cm³/mol. The van der Waals surface area contributed by atoms with E-state index in [4.69, 9.17) is 0 Å². The Balaban J connectivity index is 2.57. The first-order chi connectivity index (χ1) is 9.16. The minimum absolute atomic E-state index is 0.0886. The minimum Gasteiger partial charge on any atom is -0.480 e. The van der Waals surface area contributed by atoms with E-state index in [1.807, 2.05) is 0 Å². The number of alkyl halides is 3. The van der Waals surface area contributed by atoms with E-state index in [1.54, 1.807) is 0 Å². The van der Waals surface area contributed by atoms with Crippen LogP contribution < -0.4 is 4.90 Å². The summed E-state index contributed by atoms with van der Waals surface area (Å²) in [4.78, 5) is 12.8. The summed E-state index contributed by atoms with van der Waals surface area (Å²) in [5.74, 6) is -1.11. The zero-order valence-electron chi connectivity index (χ0n) is 10.7. The van der Waals surface area contributed by atoms with Gasteiger partial charge in [-0.15, -0.1) is 0 Å². The zero-order chi connectivity index (χ0) is 15.1. The van der Waals surface area contributed by atoms with Gasteiger partial charge >= 0.3 is 12.1 Å². The molecule has 1 heterocycles. The van der Waals surface area contributed by atoms with Gasteiger partial charge in [0.1, 0.15) is 5.54 Å². The Kier molecular flexibility index (Phi) is 3.75. The summed E-state index contributed by atoms with van der Waals surface area (Å²) in [6.45, 7) is 1.76. The second-order valence-electron chi connectivity index (χ2n) is 4.99. The molecule has 0 aromatic heterocycles. The number of hydrogen-bond donors (Lipinski definition) is 1. The Hall–Kier alpha value is -1.24. The van der Waals surface area contributed by atoms with Gasteiger partial charge < -0.3 is 10.0 Å². The Labute approximate surface area is 122 Å². The maximum Gasteiger partial charge on any atom is 0.418 e. The molecule has 7 heteroatoms. The lowest BCUT2D eigenvalue weighted by molar-refractivity contribution is -0.143. The van der Waals surface area contributed by atoms with Crippen LogP contribution in [0.15, 0.2) is 22.7 Å². The third-order valence-electron chi connectivity index (χ3n) is 3.66. The molecule has 1 N–H and O–H groups in total. The van der Waals surface area contributed by atoms with E-state index in [2.05, 4.69) is 15.9 Å². The van der Waals surface area contributed by atoms with Crippen LogP contribution >= 0.6 is 15.9 Å². The van der Waals surface area contributed by atoms with Crippen LogP contribution in [0.4, 0.5) is 18.9 Å². The Morgan fingerprint density at radius 2 is 2.10 bits per heavy atom. The number of carbonyl (C=O) groups is 1. The molecule has 0 radical (unpaired) electrons. The molecule has 3 nitrogen and oxygen atoms in total. The second kappa shape index (κ2) is 4.95. The van der Waals surface area contributed by atoms with Crippen molar-refractivity contribution in [3.05, 3.63) is 28.2 Å². The molecule has 1 aliphatic rings. The summed E-state index contributed by atoms with van der Waals surface area (Å²) in [6.07, 6.45) is -3.64. The average molecular weight is 352 g/mol. The number of anilines is 1. The van der Waals surface area contributed by atoms with Crippen molar-refractivity contribution in [1.29, 1.82) is 0 Å². The van der Waals surface area contributed by atoms with E-state index >= 15 is 0 Å². The molecular weight excluding hydrogens is 339 g/mol. The van der Waals surface area contributed by atoms with Crippen LogP contribution in [0.1, 0.15) is 25.3 Å². The molecule has 1 fully saturated rings. The van der Waals surface area contributed by atoms with E-state index in [1.165, 1.54) is 24.0 Å². The van der Waals surface area contributed by atoms with E-state index in [0.29, 0.717) is 23.9 Å². The molecule has 1 aromatic rings. The first kappa shape index (κ1) is 15.2. The molecule has 0 spiro atoms. The SMILES string of the molecule is CC1(C(=O)O)CCCN1c1cc(Br)ccc1C(F)(F)F.